The molecule has 3 fully saturated rings. The van der Waals surface area contributed by atoms with Crippen LogP contribution >= 0.6 is 12.4 Å². The Morgan fingerprint density at radius 2 is 1.88 bits per heavy atom. The summed E-state index contributed by atoms with van der Waals surface area (Å²) in [6.45, 7) is 1.62. The van der Waals surface area contributed by atoms with E-state index >= 15 is 0 Å². The van der Waals surface area contributed by atoms with E-state index in [1.165, 1.54) is 12.8 Å². The molecule has 1 heterocycles. The van der Waals surface area contributed by atoms with E-state index in [0.29, 0.717) is 23.1 Å². The molecule has 144 valence electrons. The van der Waals surface area contributed by atoms with Crippen LogP contribution in [0.1, 0.15) is 48.9 Å². The van der Waals surface area contributed by atoms with Gasteiger partial charge in [-0.2, -0.15) is 0 Å². The minimum atomic E-state index is 0. The number of hydrogen-bond donors (Lipinski definition) is 1. The van der Waals surface area contributed by atoms with E-state index in [0.717, 1.165) is 44.5 Å². The van der Waals surface area contributed by atoms with Gasteiger partial charge in [-0.25, -0.2) is 0 Å². The second-order valence-corrected chi connectivity index (χ2v) is 7.77. The molecule has 4 rings (SSSR count). The van der Waals surface area contributed by atoms with Gasteiger partial charge in [0.25, 0.3) is 5.91 Å². The largest absolute Gasteiger partial charge is 0.493 e. The molecule has 6 heteroatoms. The standard InChI is InChI=1S/C20H28N2O3.ClH/c1-24-19-10-13(7-9-18(19)25-15-4-2-3-5-15)20(23)22-11-14-6-8-17(21)16(14)12-22;/h7,9-10,14-17H,2-6,8,11-12,21H2,1H3;1H. The van der Waals surface area contributed by atoms with Crippen molar-refractivity contribution in [2.45, 2.75) is 50.7 Å². The monoisotopic (exact) mass is 380 g/mol. The molecule has 0 bridgehead atoms. The molecule has 0 aromatic heterocycles. The van der Waals surface area contributed by atoms with Crippen LogP contribution in [0.25, 0.3) is 0 Å². The van der Waals surface area contributed by atoms with Gasteiger partial charge in [0.05, 0.1) is 13.2 Å². The number of likely N-dealkylation sites (tertiary alicyclic amines) is 1. The van der Waals surface area contributed by atoms with Gasteiger partial charge in [-0.05, 0) is 68.6 Å². The van der Waals surface area contributed by atoms with Crippen molar-refractivity contribution in [3.05, 3.63) is 23.8 Å². The number of carbonyl (C=O) groups excluding carboxylic acids is 1. The average Bonchev–Trinajstić information content (AvgIpc) is 3.34. The van der Waals surface area contributed by atoms with Crippen molar-refractivity contribution < 1.29 is 14.3 Å². The summed E-state index contributed by atoms with van der Waals surface area (Å²) in [5, 5.41) is 0. The fraction of sp³-hybridized carbons (Fsp3) is 0.650. The summed E-state index contributed by atoms with van der Waals surface area (Å²) in [6.07, 6.45) is 7.16. The van der Waals surface area contributed by atoms with E-state index in [1.807, 2.05) is 23.1 Å². The van der Waals surface area contributed by atoms with Crippen molar-refractivity contribution in [2.75, 3.05) is 20.2 Å². The Bertz CT molecular complexity index is 648. The first kappa shape index (κ1) is 19.3. The van der Waals surface area contributed by atoms with Crippen LogP contribution in [0.4, 0.5) is 0 Å². The highest BCUT2D eigenvalue weighted by molar-refractivity contribution is 5.95. The highest BCUT2D eigenvalue weighted by atomic mass is 35.5. The fourth-order valence-corrected chi connectivity index (χ4v) is 4.74. The van der Waals surface area contributed by atoms with Crippen LogP contribution in [0.15, 0.2) is 18.2 Å². The van der Waals surface area contributed by atoms with Crippen LogP contribution in [0.2, 0.25) is 0 Å². The summed E-state index contributed by atoms with van der Waals surface area (Å²) in [4.78, 5) is 14.9. The topological polar surface area (TPSA) is 64.8 Å². The van der Waals surface area contributed by atoms with Gasteiger partial charge in [0, 0.05) is 24.7 Å². The lowest BCUT2D eigenvalue weighted by molar-refractivity contribution is 0.0779. The molecule has 0 radical (unpaired) electrons. The van der Waals surface area contributed by atoms with E-state index in [-0.39, 0.29) is 30.5 Å². The van der Waals surface area contributed by atoms with E-state index in [4.69, 9.17) is 15.2 Å². The van der Waals surface area contributed by atoms with Gasteiger partial charge in [0.1, 0.15) is 0 Å². The van der Waals surface area contributed by atoms with E-state index in [2.05, 4.69) is 0 Å². The summed E-state index contributed by atoms with van der Waals surface area (Å²) in [7, 11) is 1.63. The summed E-state index contributed by atoms with van der Waals surface area (Å²) in [5.41, 5.74) is 6.86. The average molecular weight is 381 g/mol. The van der Waals surface area contributed by atoms with Gasteiger partial charge < -0.3 is 20.1 Å². The zero-order valence-electron chi connectivity index (χ0n) is 15.4. The molecule has 1 amide bonds. The molecule has 0 spiro atoms. The molecule has 1 aromatic carbocycles. The highest BCUT2D eigenvalue weighted by Gasteiger charge is 2.42. The van der Waals surface area contributed by atoms with E-state index in [9.17, 15) is 4.79 Å². The number of halogens is 1. The molecule has 3 atom stereocenters. The fourth-order valence-electron chi connectivity index (χ4n) is 4.74. The molecular formula is C20H29ClN2O3. The number of carbonyl (C=O) groups is 1. The molecule has 3 aliphatic rings. The quantitative estimate of drug-likeness (QED) is 0.870. The van der Waals surface area contributed by atoms with Gasteiger partial charge in [-0.1, -0.05) is 0 Å². The Hall–Kier alpha value is -1.46. The molecule has 3 unspecified atom stereocenters. The van der Waals surface area contributed by atoms with Gasteiger partial charge in [0.15, 0.2) is 11.5 Å². The molecule has 1 aromatic rings. The summed E-state index contributed by atoms with van der Waals surface area (Å²) in [6, 6.07) is 5.82. The van der Waals surface area contributed by atoms with Crippen molar-refractivity contribution in [1.29, 1.82) is 0 Å². The van der Waals surface area contributed by atoms with Crippen molar-refractivity contribution in [2.24, 2.45) is 17.6 Å². The number of nitrogens with two attached hydrogens (primary N) is 1. The lowest BCUT2D eigenvalue weighted by atomic mass is 9.98. The molecular weight excluding hydrogens is 352 g/mol. The third-order valence-electron chi connectivity index (χ3n) is 6.21. The van der Waals surface area contributed by atoms with Crippen molar-refractivity contribution in [3.63, 3.8) is 0 Å². The summed E-state index contributed by atoms with van der Waals surface area (Å²) >= 11 is 0. The number of amides is 1. The van der Waals surface area contributed by atoms with Crippen molar-refractivity contribution in [3.8, 4) is 11.5 Å². The zero-order chi connectivity index (χ0) is 17.4. The molecule has 1 saturated heterocycles. The second-order valence-electron chi connectivity index (χ2n) is 7.77. The molecule has 26 heavy (non-hydrogen) atoms. The van der Waals surface area contributed by atoms with Crippen LogP contribution in [-0.2, 0) is 0 Å². The molecule has 2 aliphatic carbocycles. The number of nitrogens with zero attached hydrogens (tertiary/aromatic N) is 1. The minimum Gasteiger partial charge on any atom is -0.493 e. The molecule has 2 saturated carbocycles. The van der Waals surface area contributed by atoms with Crippen molar-refractivity contribution >= 4 is 18.3 Å². The van der Waals surface area contributed by atoms with Crippen LogP contribution in [0.5, 0.6) is 11.5 Å². The Morgan fingerprint density at radius 1 is 1.12 bits per heavy atom. The number of methoxy groups -OCH3 is 1. The van der Waals surface area contributed by atoms with Crippen LogP contribution < -0.4 is 15.2 Å². The normalized spacial score (nSPS) is 27.9. The highest BCUT2D eigenvalue weighted by Crippen LogP contribution is 2.38. The summed E-state index contributed by atoms with van der Waals surface area (Å²) < 4.78 is 11.6. The molecule has 5 nitrogen and oxygen atoms in total. The number of hydrogen-bond acceptors (Lipinski definition) is 4. The Morgan fingerprint density at radius 3 is 2.58 bits per heavy atom. The second kappa shape index (κ2) is 8.05. The SMILES string of the molecule is COc1cc(C(=O)N2CC3CCC(N)C3C2)ccc1OC1CCCC1.Cl. The summed E-state index contributed by atoms with van der Waals surface area (Å²) in [5.74, 6) is 2.51. The van der Waals surface area contributed by atoms with Gasteiger partial charge in [-0.15, -0.1) is 12.4 Å². The number of rotatable bonds is 4. The first-order valence-electron chi connectivity index (χ1n) is 9.55. The van der Waals surface area contributed by atoms with E-state index in [1.54, 1.807) is 7.11 Å². The third kappa shape index (κ3) is 3.65. The maximum absolute atomic E-state index is 12.9. The minimum absolute atomic E-state index is 0. The number of ether oxygens (including phenoxy) is 2. The van der Waals surface area contributed by atoms with Gasteiger partial charge >= 0.3 is 0 Å². The number of benzene rings is 1. The third-order valence-corrected chi connectivity index (χ3v) is 6.21. The lowest BCUT2D eigenvalue weighted by Gasteiger charge is -2.20. The Kier molecular flexibility index (Phi) is 5.98. The Balaban J connectivity index is 0.00000196. The van der Waals surface area contributed by atoms with Gasteiger partial charge in [-0.3, -0.25) is 4.79 Å². The maximum Gasteiger partial charge on any atom is 0.254 e. The Labute approximate surface area is 161 Å². The first-order chi connectivity index (χ1) is 12.2. The van der Waals surface area contributed by atoms with Crippen LogP contribution in [-0.4, -0.2) is 43.2 Å². The first-order valence-corrected chi connectivity index (χ1v) is 9.55. The predicted octanol–water partition coefficient (Wildman–Crippen LogP) is 3.25. The van der Waals surface area contributed by atoms with Crippen LogP contribution in [0, 0.1) is 11.8 Å². The molecule has 2 N–H and O–H groups in total. The lowest BCUT2D eigenvalue weighted by Crippen LogP contribution is -2.33. The molecule has 1 aliphatic heterocycles. The smallest absolute Gasteiger partial charge is 0.254 e. The van der Waals surface area contributed by atoms with Crippen LogP contribution in [0.3, 0.4) is 0 Å². The van der Waals surface area contributed by atoms with E-state index < -0.39 is 0 Å². The maximum atomic E-state index is 12.9. The van der Waals surface area contributed by atoms with Crippen molar-refractivity contribution in [1.82, 2.24) is 4.90 Å². The zero-order valence-corrected chi connectivity index (χ0v) is 16.2. The van der Waals surface area contributed by atoms with Gasteiger partial charge in [0.2, 0.25) is 0 Å². The predicted molar refractivity (Wildman–Crippen MR) is 103 cm³/mol. The number of fused-ring (bicyclic) bond motifs is 1.